The summed E-state index contributed by atoms with van der Waals surface area (Å²) in [6, 6.07) is 53.2. The second-order valence-electron chi connectivity index (χ2n) is 38.8. The summed E-state index contributed by atoms with van der Waals surface area (Å²) < 4.78 is 44.9. The Morgan fingerprint density at radius 1 is 0.521 bits per heavy atom. The fourth-order valence-corrected chi connectivity index (χ4v) is 20.2. The molecule has 17 rings (SSSR count). The number of ether oxygens (including phenoxy) is 1. The van der Waals surface area contributed by atoms with Crippen LogP contribution in [0.15, 0.2) is 199 Å². The molecule has 5 heterocycles. The lowest BCUT2D eigenvalue weighted by atomic mass is 9.68. The molecule has 4 aromatic heterocycles. The molecule has 12 aromatic rings. The number of aliphatic hydroxyl groups is 4. The van der Waals surface area contributed by atoms with E-state index in [4.69, 9.17) is 49.6 Å². The normalized spacial score (nSPS) is 16.9. The quantitative estimate of drug-likeness (QED) is 0.0120. The number of carbonyl (C=O) groups is 4. The number of alkyl halides is 3. The first-order valence-electron chi connectivity index (χ1n) is 50.3. The van der Waals surface area contributed by atoms with Crippen LogP contribution in [0.2, 0.25) is 15.1 Å². The minimum Gasteiger partial charge on any atom is -0.508 e. The van der Waals surface area contributed by atoms with Gasteiger partial charge < -0.3 is 61.3 Å². The molecule has 27 heteroatoms. The number of benzene rings is 8. The summed E-state index contributed by atoms with van der Waals surface area (Å²) in [5.41, 5.74) is 11.7. The van der Waals surface area contributed by atoms with Gasteiger partial charge in [0, 0.05) is 142 Å². The number of rotatable bonds is 29. The SMILES string of the molecule is CC(C)(C)C1CCC(CC2=C(O)c3ccccc3C(=O)C2=O)CC1.CCN(CC)CCCC(C)Nc1c2ccc(Cl)cc2nc2ccc(OC)cc12.CCN(CC)Cc1cc(Nc2ccnc3cc(Cl)ccc23)ccc1O.CCN(CCO)CCCC(C)Nc1ccnc2cc(Cl)ccc12.Cc1ccc2c(C(O)C3CCCCN3)cc(C(F)(F)F)nc2c1.O=C1C(=O)c2ccccc2C(O)=C1C1CCCCC1. The van der Waals surface area contributed by atoms with Crippen molar-refractivity contribution < 1.29 is 62.6 Å². The van der Waals surface area contributed by atoms with Crippen LogP contribution in [-0.4, -0.2) is 174 Å². The standard InChI is InChI=1S/C23H30ClN3O.C21H26O3.C20H22ClN3O.C18H26ClN3O.C17H19F3N2O.C16H16O3/c1-5-27(6-2)13-7-8-16(3)25-23-19-11-9-17(24)14-22(19)26-21-12-10-18(28-4)15-20(21)23;1-21(2,3)14-10-8-13(9-11-14)12-17-18(22)15-6-4-5-7-16(15)19(23)20(17)24;1-3-24(4-2)13-14-11-16(6-8-20(14)25)23-18-9-10-22-19-12-15(21)5-7-17(18)19;1-3-22(11-12-23)10-4-5-14(2)21-17-8-9-20-18-13-15(19)6-7-16(17)18;1-10-5-6-11-12(16(23)13-4-2-3-7-21-13)9-15(17(18,19)20)22-14(11)8-10;17-14-11-8-4-5-9-12(11)15(18)16(19)13(14)10-6-2-1-3-7-10/h9-12,14-16H,5-8,13H2,1-4H3,(H,25,26);4-7,13-14,22H,8-12H2,1-3H3;5-12,25H,3-4,13H2,1-2H3,(H,22,23);6-9,13-14,23H,3-5,10-12H2,1-2H3,(H,20,21);5-6,8-9,13,16,21,23H,2-4,7H2,1H3;4-5,8-10,17H,1-3,6-7H2. The second-order valence-corrected chi connectivity index (χ2v) is 40.1. The van der Waals surface area contributed by atoms with E-state index in [2.05, 4.69) is 132 Å². The molecule has 9 N–H and O–H groups in total. The minimum absolute atomic E-state index is 0.00754. The number of methoxy groups -OCH3 is 1. The number of phenolic OH excluding ortho intramolecular Hbond substituents is 1. The Morgan fingerprint density at radius 3 is 1.65 bits per heavy atom. The van der Waals surface area contributed by atoms with E-state index in [1.54, 1.807) is 87.0 Å². The lowest BCUT2D eigenvalue weighted by molar-refractivity contribution is -0.141. The van der Waals surface area contributed by atoms with Gasteiger partial charge in [0.15, 0.2) is 0 Å². The molecule has 3 fully saturated rings. The molecule has 1 saturated heterocycles. The number of fused-ring (bicyclic) bond motifs is 7. The van der Waals surface area contributed by atoms with E-state index in [0.29, 0.717) is 101 Å². The molecule has 0 radical (unpaired) electrons. The number of aryl methyl sites for hydroxylation is 1. The highest BCUT2D eigenvalue weighted by Gasteiger charge is 2.40. The van der Waals surface area contributed by atoms with Gasteiger partial charge in [-0.25, -0.2) is 9.97 Å². The second kappa shape index (κ2) is 51.9. The van der Waals surface area contributed by atoms with E-state index in [1.165, 1.54) is 12.8 Å². The van der Waals surface area contributed by atoms with Gasteiger partial charge in [-0.3, -0.25) is 34.0 Å². The van der Waals surface area contributed by atoms with Crippen LogP contribution >= 0.6 is 34.8 Å². The first-order valence-corrected chi connectivity index (χ1v) is 51.4. The highest BCUT2D eigenvalue weighted by atomic mass is 35.5. The average Bonchev–Trinajstić information content (AvgIpc) is 0.675. The summed E-state index contributed by atoms with van der Waals surface area (Å²) in [7, 11) is 1.69. The van der Waals surface area contributed by atoms with E-state index in [-0.39, 0.29) is 35.6 Å². The number of piperidine rings is 1. The van der Waals surface area contributed by atoms with Crippen molar-refractivity contribution in [3.63, 3.8) is 0 Å². The van der Waals surface area contributed by atoms with Crippen molar-refractivity contribution in [2.45, 2.75) is 222 Å². The predicted molar refractivity (Wildman–Crippen MR) is 573 cm³/mol. The van der Waals surface area contributed by atoms with Crippen LogP contribution < -0.4 is 26.0 Å². The Kier molecular flexibility index (Phi) is 40.1. The Hall–Kier alpha value is -11.2. The maximum atomic E-state index is 13.1. The molecule has 1 aliphatic heterocycles. The molecule has 2 saturated carbocycles. The topological polar surface area (TPSA) is 288 Å². The number of likely N-dealkylation sites (N-methyl/N-ethyl adjacent to an activating group) is 1. The number of hydrogen-bond acceptors (Lipinski definition) is 21. The number of phenols is 1. The zero-order chi connectivity index (χ0) is 102. The van der Waals surface area contributed by atoms with Crippen LogP contribution in [0, 0.1) is 30.1 Å². The lowest BCUT2D eigenvalue weighted by Gasteiger charge is -2.37. The smallest absolute Gasteiger partial charge is 0.433 e. The fourth-order valence-electron chi connectivity index (χ4n) is 19.7. The number of allylic oxidation sites excluding steroid dienone is 2. The third kappa shape index (κ3) is 28.9. The Morgan fingerprint density at radius 2 is 1.07 bits per heavy atom. The zero-order valence-electron chi connectivity index (χ0n) is 83.9. The zero-order valence-corrected chi connectivity index (χ0v) is 86.2. The van der Waals surface area contributed by atoms with Crippen LogP contribution in [0.25, 0.3) is 66.0 Å². The van der Waals surface area contributed by atoms with E-state index in [9.17, 15) is 52.8 Å². The summed E-state index contributed by atoms with van der Waals surface area (Å²) in [5, 5.41) is 71.6. The summed E-state index contributed by atoms with van der Waals surface area (Å²) in [6.07, 6.45) is 15.3. The molecule has 21 nitrogen and oxygen atoms in total. The lowest BCUT2D eigenvalue weighted by Crippen LogP contribution is -2.39. The van der Waals surface area contributed by atoms with Gasteiger partial charge in [0.25, 0.3) is 0 Å². The Bertz CT molecular complexity index is 6400. The van der Waals surface area contributed by atoms with Gasteiger partial charge in [-0.15, -0.1) is 0 Å². The molecular weight excluding hydrogens is 1860 g/mol. The molecule has 0 spiro atoms. The number of ketones is 4. The van der Waals surface area contributed by atoms with Crippen LogP contribution in [0.3, 0.4) is 0 Å². The van der Waals surface area contributed by atoms with Crippen LogP contribution in [0.5, 0.6) is 11.5 Å². The van der Waals surface area contributed by atoms with E-state index in [1.807, 2.05) is 97.2 Å². The monoisotopic (exact) mass is 2000 g/mol. The van der Waals surface area contributed by atoms with Crippen LogP contribution in [0.4, 0.5) is 35.9 Å². The maximum Gasteiger partial charge on any atom is 0.433 e. The van der Waals surface area contributed by atoms with Crippen molar-refractivity contribution in [2.24, 2.45) is 23.2 Å². The van der Waals surface area contributed by atoms with Gasteiger partial charge in [0.2, 0.25) is 23.1 Å². The number of carbonyl (C=O) groups excluding carboxylic acids is 4. The molecule has 756 valence electrons. The van der Waals surface area contributed by atoms with Gasteiger partial charge in [-0.2, -0.15) is 13.2 Å². The van der Waals surface area contributed by atoms with Gasteiger partial charge in [0.1, 0.15) is 28.7 Å². The number of aromatic hydroxyl groups is 1. The number of nitrogens with one attached hydrogen (secondary N) is 4. The first-order chi connectivity index (χ1) is 68.1. The minimum atomic E-state index is -4.54. The number of Topliss-reactive ketones (excluding diaryl/α,β-unsaturated/α-hetero) is 4. The van der Waals surface area contributed by atoms with Gasteiger partial charge in [-0.1, -0.05) is 177 Å². The van der Waals surface area contributed by atoms with Gasteiger partial charge >= 0.3 is 6.18 Å². The molecule has 142 heavy (non-hydrogen) atoms. The van der Waals surface area contributed by atoms with Gasteiger partial charge in [0.05, 0.1) is 53.1 Å². The molecule has 4 unspecified atom stereocenters. The molecule has 8 aromatic carbocycles. The maximum absolute atomic E-state index is 13.1. The first kappa shape index (κ1) is 110. The highest BCUT2D eigenvalue weighted by molar-refractivity contribution is 6.53. The number of aliphatic hydroxyl groups excluding tert-OH is 4. The van der Waals surface area contributed by atoms with Crippen molar-refractivity contribution in [3.8, 4) is 11.5 Å². The predicted octanol–water partition coefficient (Wildman–Crippen LogP) is 26.9. The summed E-state index contributed by atoms with van der Waals surface area (Å²) in [6.45, 7) is 33.7. The van der Waals surface area contributed by atoms with Crippen molar-refractivity contribution in [2.75, 3.05) is 88.6 Å². The molecule has 4 aliphatic carbocycles. The van der Waals surface area contributed by atoms with Crippen LogP contribution in [0.1, 0.15) is 239 Å². The Labute approximate surface area is 848 Å². The highest BCUT2D eigenvalue weighted by Crippen LogP contribution is 2.45. The summed E-state index contributed by atoms with van der Waals surface area (Å²) >= 11 is 18.3. The largest absolute Gasteiger partial charge is 0.508 e. The summed E-state index contributed by atoms with van der Waals surface area (Å²) in [4.78, 5) is 73.4. The van der Waals surface area contributed by atoms with Crippen LogP contribution in [-0.2, 0) is 22.3 Å². The third-order valence-corrected chi connectivity index (χ3v) is 28.7. The molecule has 4 atom stereocenters. The summed E-state index contributed by atoms with van der Waals surface area (Å²) in [5.74, 6) is 0.314. The molecule has 5 aliphatic rings. The van der Waals surface area contributed by atoms with E-state index >= 15 is 0 Å². The number of nitrogens with zero attached hydrogens (tertiary/aromatic N) is 7. The van der Waals surface area contributed by atoms with Crippen molar-refractivity contribution in [3.05, 3.63) is 259 Å². The average molecular weight is 2000 g/mol. The van der Waals surface area contributed by atoms with Gasteiger partial charge in [-0.05, 0) is 306 Å². The molecular formula is C115H139Cl3F3N11O10. The molecule has 0 amide bonds. The number of hydrogen-bond donors (Lipinski definition) is 9. The number of anilines is 4. The van der Waals surface area contributed by atoms with E-state index in [0.717, 1.165) is 245 Å². The van der Waals surface area contributed by atoms with Crippen molar-refractivity contribution in [1.29, 1.82) is 0 Å². The fraction of sp³-hybridized carbons (Fsp3) is 0.426. The van der Waals surface area contributed by atoms with Crippen molar-refractivity contribution in [1.82, 2.24) is 40.0 Å². The third-order valence-electron chi connectivity index (χ3n) is 28.0. The number of pyridine rings is 4. The van der Waals surface area contributed by atoms with E-state index < -0.39 is 41.1 Å². The Balaban J connectivity index is 0.000000153. The molecule has 0 bridgehead atoms. The number of halogens is 6. The van der Waals surface area contributed by atoms with Crippen molar-refractivity contribution >= 4 is 147 Å². The number of aromatic nitrogens is 4.